The molecule has 0 aliphatic carbocycles. The largest absolute Gasteiger partial charge is 0.334 e. The van der Waals surface area contributed by atoms with Gasteiger partial charge in [0, 0.05) is 19.2 Å². The van der Waals surface area contributed by atoms with Gasteiger partial charge in [0.25, 0.3) is 11.4 Å². The van der Waals surface area contributed by atoms with Gasteiger partial charge in [0.15, 0.2) is 5.82 Å². The summed E-state index contributed by atoms with van der Waals surface area (Å²) < 4.78 is 20.5. The monoisotopic (exact) mass is 327 g/mol. The van der Waals surface area contributed by atoms with Gasteiger partial charge in [0.1, 0.15) is 11.4 Å². The predicted molar refractivity (Wildman–Crippen MR) is 88.0 cm³/mol. The van der Waals surface area contributed by atoms with Crippen molar-refractivity contribution in [2.24, 2.45) is 5.92 Å². The van der Waals surface area contributed by atoms with Gasteiger partial charge in [0.2, 0.25) is 0 Å². The molecule has 0 bridgehead atoms. The van der Waals surface area contributed by atoms with Crippen LogP contribution in [0.5, 0.6) is 0 Å². The molecule has 5 nitrogen and oxygen atoms in total. The Bertz CT molecular complexity index is 899. The highest BCUT2D eigenvalue weighted by molar-refractivity contribution is 5.50. The van der Waals surface area contributed by atoms with E-state index in [0.717, 1.165) is 0 Å². The maximum atomic E-state index is 13.7. The van der Waals surface area contributed by atoms with Crippen LogP contribution in [0.15, 0.2) is 51.9 Å². The topological polar surface area (TPSA) is 60.9 Å². The molecule has 2 aromatic heterocycles. The average molecular weight is 327 g/mol. The second-order valence-electron chi connectivity index (χ2n) is 6.06. The molecule has 0 aliphatic rings. The lowest BCUT2D eigenvalue weighted by molar-refractivity contribution is 0.422. The summed E-state index contributed by atoms with van der Waals surface area (Å²) in [6.45, 7) is 4.69. The van der Waals surface area contributed by atoms with Crippen LogP contribution >= 0.6 is 0 Å². The number of aromatic nitrogens is 3. The SMILES string of the molecule is CC(C)Cn1cccc(-c2nc(Cc3ccccc3F)no2)c1=O. The molecule has 0 atom stereocenters. The van der Waals surface area contributed by atoms with E-state index in [1.165, 1.54) is 6.07 Å². The fourth-order valence-electron chi connectivity index (χ4n) is 2.48. The second kappa shape index (κ2) is 6.78. The summed E-state index contributed by atoms with van der Waals surface area (Å²) in [5.41, 5.74) is 0.660. The van der Waals surface area contributed by atoms with Crippen molar-refractivity contribution in [3.8, 4) is 11.5 Å². The molecule has 24 heavy (non-hydrogen) atoms. The lowest BCUT2D eigenvalue weighted by Crippen LogP contribution is -2.23. The Morgan fingerprint density at radius 1 is 1.21 bits per heavy atom. The van der Waals surface area contributed by atoms with E-state index in [1.807, 2.05) is 13.8 Å². The number of pyridine rings is 1. The molecule has 0 saturated carbocycles. The van der Waals surface area contributed by atoms with E-state index in [2.05, 4.69) is 10.1 Å². The molecular formula is C18H18FN3O2. The van der Waals surface area contributed by atoms with Crippen molar-refractivity contribution in [3.63, 3.8) is 0 Å². The molecule has 0 aliphatic heterocycles. The van der Waals surface area contributed by atoms with E-state index in [0.29, 0.717) is 29.4 Å². The van der Waals surface area contributed by atoms with Gasteiger partial charge in [-0.1, -0.05) is 37.2 Å². The first-order valence-corrected chi connectivity index (χ1v) is 7.80. The standard InChI is InChI=1S/C18H18FN3O2/c1-12(2)11-22-9-5-7-14(18(22)23)17-20-16(21-24-17)10-13-6-3-4-8-15(13)19/h3-9,12H,10-11H2,1-2H3. The molecule has 3 aromatic rings. The van der Waals surface area contributed by atoms with E-state index in [4.69, 9.17) is 4.52 Å². The van der Waals surface area contributed by atoms with Gasteiger partial charge in [0.05, 0.1) is 0 Å². The van der Waals surface area contributed by atoms with E-state index in [1.54, 1.807) is 41.1 Å². The number of nitrogens with zero attached hydrogens (tertiary/aromatic N) is 3. The number of benzene rings is 1. The second-order valence-corrected chi connectivity index (χ2v) is 6.06. The maximum absolute atomic E-state index is 13.7. The van der Waals surface area contributed by atoms with E-state index < -0.39 is 0 Å². The van der Waals surface area contributed by atoms with Crippen LogP contribution in [0.2, 0.25) is 0 Å². The zero-order valence-corrected chi connectivity index (χ0v) is 13.6. The fraction of sp³-hybridized carbons (Fsp3) is 0.278. The highest BCUT2D eigenvalue weighted by atomic mass is 19.1. The van der Waals surface area contributed by atoms with Crippen LogP contribution in [0, 0.1) is 11.7 Å². The van der Waals surface area contributed by atoms with Crippen LogP contribution in [0.1, 0.15) is 25.2 Å². The average Bonchev–Trinajstić information content (AvgIpc) is 3.00. The summed E-state index contributed by atoms with van der Waals surface area (Å²) in [7, 11) is 0. The third kappa shape index (κ3) is 3.42. The minimum Gasteiger partial charge on any atom is -0.334 e. The molecule has 0 unspecified atom stereocenters. The van der Waals surface area contributed by atoms with Gasteiger partial charge in [-0.05, 0) is 29.7 Å². The number of rotatable bonds is 5. The molecule has 124 valence electrons. The summed E-state index contributed by atoms with van der Waals surface area (Å²) in [6.07, 6.45) is 1.95. The number of hydrogen-bond donors (Lipinski definition) is 0. The van der Waals surface area contributed by atoms with Crippen molar-refractivity contribution in [2.75, 3.05) is 0 Å². The van der Waals surface area contributed by atoms with Gasteiger partial charge < -0.3 is 9.09 Å². The summed E-state index contributed by atoms with van der Waals surface area (Å²) in [4.78, 5) is 16.7. The molecule has 0 saturated heterocycles. The molecule has 0 N–H and O–H groups in total. The Balaban J connectivity index is 1.89. The van der Waals surface area contributed by atoms with E-state index >= 15 is 0 Å². The minimum absolute atomic E-state index is 0.157. The van der Waals surface area contributed by atoms with Crippen LogP contribution in [0.3, 0.4) is 0 Å². The van der Waals surface area contributed by atoms with Gasteiger partial charge in [-0.15, -0.1) is 0 Å². The van der Waals surface area contributed by atoms with Crippen molar-refractivity contribution < 1.29 is 8.91 Å². The van der Waals surface area contributed by atoms with Crippen molar-refractivity contribution in [3.05, 3.63) is 70.2 Å². The highest BCUT2D eigenvalue weighted by Crippen LogP contribution is 2.16. The lowest BCUT2D eigenvalue weighted by Gasteiger charge is -2.08. The van der Waals surface area contributed by atoms with Crippen LogP contribution in [-0.2, 0) is 13.0 Å². The molecule has 0 amide bonds. The Morgan fingerprint density at radius 3 is 2.75 bits per heavy atom. The molecule has 6 heteroatoms. The molecule has 0 fully saturated rings. The highest BCUT2D eigenvalue weighted by Gasteiger charge is 2.15. The molecule has 1 aromatic carbocycles. The maximum Gasteiger partial charge on any atom is 0.263 e. The van der Waals surface area contributed by atoms with Gasteiger partial charge in [-0.3, -0.25) is 4.79 Å². The third-order valence-electron chi connectivity index (χ3n) is 3.59. The first-order chi connectivity index (χ1) is 11.5. The third-order valence-corrected chi connectivity index (χ3v) is 3.59. The number of hydrogen-bond acceptors (Lipinski definition) is 4. The van der Waals surface area contributed by atoms with E-state index in [9.17, 15) is 9.18 Å². The minimum atomic E-state index is -0.317. The van der Waals surface area contributed by atoms with Crippen molar-refractivity contribution in [1.82, 2.24) is 14.7 Å². The van der Waals surface area contributed by atoms with Crippen molar-refractivity contribution >= 4 is 0 Å². The molecular weight excluding hydrogens is 309 g/mol. The zero-order chi connectivity index (χ0) is 17.1. The Kier molecular flexibility index (Phi) is 4.55. The molecule has 2 heterocycles. The zero-order valence-electron chi connectivity index (χ0n) is 13.6. The Hall–Kier alpha value is -2.76. The molecule has 0 radical (unpaired) electrons. The van der Waals surface area contributed by atoms with Crippen LogP contribution in [0.25, 0.3) is 11.5 Å². The summed E-state index contributed by atoms with van der Waals surface area (Å²) in [5, 5.41) is 3.86. The van der Waals surface area contributed by atoms with Crippen LogP contribution in [0.4, 0.5) is 4.39 Å². The summed E-state index contributed by atoms with van der Waals surface area (Å²) in [5.74, 6) is 0.526. The van der Waals surface area contributed by atoms with E-state index in [-0.39, 0.29) is 23.7 Å². The quantitative estimate of drug-likeness (QED) is 0.721. The first-order valence-electron chi connectivity index (χ1n) is 7.80. The first kappa shape index (κ1) is 16.1. The molecule has 0 spiro atoms. The van der Waals surface area contributed by atoms with Crippen molar-refractivity contribution in [1.29, 1.82) is 0 Å². The summed E-state index contributed by atoms with van der Waals surface area (Å²) >= 11 is 0. The van der Waals surface area contributed by atoms with Gasteiger partial charge >= 0.3 is 0 Å². The normalized spacial score (nSPS) is 11.2. The van der Waals surface area contributed by atoms with Gasteiger partial charge in [-0.25, -0.2) is 4.39 Å². The smallest absolute Gasteiger partial charge is 0.263 e. The lowest BCUT2D eigenvalue weighted by atomic mass is 10.1. The Labute approximate surface area is 138 Å². The summed E-state index contributed by atoms with van der Waals surface area (Å²) in [6, 6.07) is 9.86. The van der Waals surface area contributed by atoms with Gasteiger partial charge in [-0.2, -0.15) is 4.98 Å². The predicted octanol–water partition coefficient (Wildman–Crippen LogP) is 3.28. The van der Waals surface area contributed by atoms with Crippen LogP contribution in [-0.4, -0.2) is 14.7 Å². The fourth-order valence-corrected chi connectivity index (χ4v) is 2.48. The Morgan fingerprint density at radius 2 is 2.00 bits per heavy atom. The number of halogens is 1. The molecule has 3 rings (SSSR count). The van der Waals surface area contributed by atoms with Crippen molar-refractivity contribution in [2.45, 2.75) is 26.8 Å². The van der Waals surface area contributed by atoms with Crippen LogP contribution < -0.4 is 5.56 Å².